The van der Waals surface area contributed by atoms with Crippen LogP contribution in [0.4, 0.5) is 0 Å². The molecule has 0 unspecified atom stereocenters. The first kappa shape index (κ1) is 13.9. The molecule has 2 heterocycles. The molecule has 1 aliphatic heterocycles. The number of carboxylic acids is 1. The van der Waals surface area contributed by atoms with Crippen molar-refractivity contribution in [1.82, 2.24) is 14.9 Å². The number of amides is 1. The van der Waals surface area contributed by atoms with E-state index in [1.165, 1.54) is 0 Å². The fourth-order valence-electron chi connectivity index (χ4n) is 2.00. The van der Waals surface area contributed by atoms with Crippen molar-refractivity contribution in [3.63, 3.8) is 0 Å². The van der Waals surface area contributed by atoms with Crippen molar-refractivity contribution in [2.75, 3.05) is 13.2 Å². The van der Waals surface area contributed by atoms with Gasteiger partial charge in [-0.25, -0.2) is 4.79 Å². The highest BCUT2D eigenvalue weighted by Gasteiger charge is 2.42. The summed E-state index contributed by atoms with van der Waals surface area (Å²) in [6.07, 6.45) is 1.12. The van der Waals surface area contributed by atoms with Crippen LogP contribution in [-0.2, 0) is 16.0 Å². The van der Waals surface area contributed by atoms with Gasteiger partial charge >= 0.3 is 5.97 Å². The molecule has 0 aromatic carbocycles. The number of carboxylic acid groups (broad SMARTS) is 1. The molecule has 0 spiro atoms. The zero-order valence-electron chi connectivity index (χ0n) is 10.5. The SMILES string of the molecule is CCc1nnsc1C(=O)NC1(C(=O)O)CCOCC1. The maximum atomic E-state index is 12.2. The van der Waals surface area contributed by atoms with E-state index in [0.717, 1.165) is 11.5 Å². The normalized spacial score (nSPS) is 17.9. The lowest BCUT2D eigenvalue weighted by atomic mass is 9.90. The molecule has 0 radical (unpaired) electrons. The van der Waals surface area contributed by atoms with E-state index < -0.39 is 17.4 Å². The van der Waals surface area contributed by atoms with Crippen LogP contribution in [0.1, 0.15) is 35.1 Å². The summed E-state index contributed by atoms with van der Waals surface area (Å²) in [4.78, 5) is 24.0. The van der Waals surface area contributed by atoms with Gasteiger partial charge in [0, 0.05) is 26.1 Å². The lowest BCUT2D eigenvalue weighted by molar-refractivity contribution is -0.148. The summed E-state index contributed by atoms with van der Waals surface area (Å²) >= 11 is 0.984. The van der Waals surface area contributed by atoms with Crippen LogP contribution in [-0.4, -0.2) is 45.3 Å². The van der Waals surface area contributed by atoms with Crippen LogP contribution in [0, 0.1) is 0 Å². The smallest absolute Gasteiger partial charge is 0.329 e. The fourth-order valence-corrected chi connectivity index (χ4v) is 2.64. The van der Waals surface area contributed by atoms with Gasteiger partial charge in [-0.2, -0.15) is 0 Å². The van der Waals surface area contributed by atoms with Crippen molar-refractivity contribution in [1.29, 1.82) is 0 Å². The van der Waals surface area contributed by atoms with E-state index >= 15 is 0 Å². The lowest BCUT2D eigenvalue weighted by Gasteiger charge is -2.33. The van der Waals surface area contributed by atoms with Crippen molar-refractivity contribution >= 4 is 23.4 Å². The van der Waals surface area contributed by atoms with E-state index in [2.05, 4.69) is 14.9 Å². The van der Waals surface area contributed by atoms with Crippen LogP contribution in [0.2, 0.25) is 0 Å². The van der Waals surface area contributed by atoms with Crippen LogP contribution in [0.3, 0.4) is 0 Å². The summed E-state index contributed by atoms with van der Waals surface area (Å²) < 4.78 is 8.89. The Bertz CT molecular complexity index is 482. The Balaban J connectivity index is 2.18. The van der Waals surface area contributed by atoms with Gasteiger partial charge in [-0.3, -0.25) is 4.79 Å². The van der Waals surface area contributed by atoms with Crippen LogP contribution in [0.5, 0.6) is 0 Å². The van der Waals surface area contributed by atoms with Gasteiger partial charge in [0.05, 0.1) is 5.69 Å². The first-order valence-corrected chi connectivity index (χ1v) is 6.81. The topological polar surface area (TPSA) is 101 Å². The molecule has 1 aromatic rings. The number of hydrogen-bond acceptors (Lipinski definition) is 6. The summed E-state index contributed by atoms with van der Waals surface area (Å²) in [5.74, 6) is -1.45. The maximum absolute atomic E-state index is 12.2. The number of hydrogen-bond donors (Lipinski definition) is 2. The number of aromatic nitrogens is 2. The number of nitrogens with zero attached hydrogens (tertiary/aromatic N) is 2. The molecular formula is C11H15N3O4S. The number of aryl methyl sites for hydroxylation is 1. The molecule has 104 valence electrons. The molecule has 0 aliphatic carbocycles. The minimum Gasteiger partial charge on any atom is -0.480 e. The standard InChI is InChI=1S/C11H15N3O4S/c1-2-7-8(19-14-13-7)9(15)12-11(10(16)17)3-5-18-6-4-11/h2-6H2,1H3,(H,12,15)(H,16,17). The molecule has 7 nitrogen and oxygen atoms in total. The maximum Gasteiger partial charge on any atom is 0.329 e. The Morgan fingerprint density at radius 1 is 1.47 bits per heavy atom. The molecule has 0 saturated carbocycles. The summed E-state index contributed by atoms with van der Waals surface area (Å²) in [5.41, 5.74) is -0.653. The number of carbonyl (C=O) groups excluding carboxylic acids is 1. The van der Waals surface area contributed by atoms with Gasteiger partial charge < -0.3 is 15.2 Å². The first-order chi connectivity index (χ1) is 9.09. The molecule has 0 atom stereocenters. The predicted octanol–water partition coefficient (Wildman–Crippen LogP) is 0.464. The Hall–Kier alpha value is -1.54. The number of carbonyl (C=O) groups is 2. The summed E-state index contributed by atoms with van der Waals surface area (Å²) in [5, 5.41) is 15.8. The minimum absolute atomic E-state index is 0.266. The second-order valence-electron chi connectivity index (χ2n) is 4.36. The molecule has 2 rings (SSSR count). The summed E-state index contributed by atoms with van der Waals surface area (Å²) in [7, 11) is 0. The van der Waals surface area contributed by atoms with Gasteiger partial charge in [0.15, 0.2) is 0 Å². The quantitative estimate of drug-likeness (QED) is 0.833. The van der Waals surface area contributed by atoms with Gasteiger partial charge in [-0.1, -0.05) is 11.4 Å². The number of aliphatic carboxylic acids is 1. The Morgan fingerprint density at radius 3 is 2.74 bits per heavy atom. The monoisotopic (exact) mass is 285 g/mol. The largest absolute Gasteiger partial charge is 0.480 e. The van der Waals surface area contributed by atoms with Crippen LogP contribution >= 0.6 is 11.5 Å². The number of ether oxygens (including phenoxy) is 1. The second-order valence-corrected chi connectivity index (χ2v) is 5.11. The molecule has 1 fully saturated rings. The van der Waals surface area contributed by atoms with Crippen molar-refractivity contribution in [2.45, 2.75) is 31.7 Å². The van der Waals surface area contributed by atoms with Crippen LogP contribution < -0.4 is 5.32 Å². The third-order valence-corrected chi connectivity index (χ3v) is 3.97. The Kier molecular flexibility index (Phi) is 4.11. The van der Waals surface area contributed by atoms with Gasteiger partial charge in [0.25, 0.3) is 5.91 Å². The third-order valence-electron chi connectivity index (χ3n) is 3.21. The zero-order valence-corrected chi connectivity index (χ0v) is 11.3. The van der Waals surface area contributed by atoms with Crippen molar-refractivity contribution in [3.8, 4) is 0 Å². The highest BCUT2D eigenvalue weighted by atomic mass is 32.1. The molecule has 0 bridgehead atoms. The molecule has 1 amide bonds. The molecule has 1 saturated heterocycles. The van der Waals surface area contributed by atoms with E-state index in [0.29, 0.717) is 30.2 Å². The Labute approximate surface area is 114 Å². The number of nitrogens with one attached hydrogen (secondary N) is 1. The van der Waals surface area contributed by atoms with Crippen LogP contribution in [0.25, 0.3) is 0 Å². The van der Waals surface area contributed by atoms with E-state index in [-0.39, 0.29) is 12.8 Å². The lowest BCUT2D eigenvalue weighted by Crippen LogP contribution is -2.57. The summed E-state index contributed by atoms with van der Waals surface area (Å²) in [6.45, 7) is 2.53. The van der Waals surface area contributed by atoms with Gasteiger partial charge in [-0.15, -0.1) is 5.10 Å². The zero-order chi connectivity index (χ0) is 13.9. The molecule has 19 heavy (non-hydrogen) atoms. The van der Waals surface area contributed by atoms with E-state index in [1.807, 2.05) is 6.92 Å². The van der Waals surface area contributed by atoms with Gasteiger partial charge in [0.1, 0.15) is 10.4 Å². The molecule has 2 N–H and O–H groups in total. The van der Waals surface area contributed by atoms with Gasteiger partial charge in [0.2, 0.25) is 0 Å². The van der Waals surface area contributed by atoms with Crippen molar-refractivity contribution in [3.05, 3.63) is 10.6 Å². The Morgan fingerprint density at radius 2 is 2.16 bits per heavy atom. The number of rotatable bonds is 4. The first-order valence-electron chi connectivity index (χ1n) is 6.04. The molecule has 1 aromatic heterocycles. The van der Waals surface area contributed by atoms with E-state index in [4.69, 9.17) is 4.74 Å². The highest BCUT2D eigenvalue weighted by Crippen LogP contribution is 2.22. The van der Waals surface area contributed by atoms with E-state index in [1.54, 1.807) is 0 Å². The van der Waals surface area contributed by atoms with E-state index in [9.17, 15) is 14.7 Å². The second kappa shape index (κ2) is 5.62. The van der Waals surface area contributed by atoms with Gasteiger partial charge in [-0.05, 0) is 18.0 Å². The molecule has 1 aliphatic rings. The predicted molar refractivity (Wildman–Crippen MR) is 67.2 cm³/mol. The summed E-state index contributed by atoms with van der Waals surface area (Å²) in [6, 6.07) is 0. The minimum atomic E-state index is -1.25. The van der Waals surface area contributed by atoms with Crippen molar-refractivity contribution < 1.29 is 19.4 Å². The molecule has 8 heteroatoms. The van der Waals surface area contributed by atoms with Crippen LogP contribution in [0.15, 0.2) is 0 Å². The average Bonchev–Trinajstić information content (AvgIpc) is 2.88. The highest BCUT2D eigenvalue weighted by molar-refractivity contribution is 7.08. The molecular weight excluding hydrogens is 270 g/mol. The van der Waals surface area contributed by atoms with Crippen molar-refractivity contribution in [2.24, 2.45) is 0 Å². The fraction of sp³-hybridized carbons (Fsp3) is 0.636. The average molecular weight is 285 g/mol. The third kappa shape index (κ3) is 2.74.